The highest BCUT2D eigenvalue weighted by Crippen LogP contribution is 2.30. The second kappa shape index (κ2) is 6.31. The Kier molecular flexibility index (Phi) is 4.38. The summed E-state index contributed by atoms with van der Waals surface area (Å²) in [6.07, 6.45) is 3.42. The molecule has 1 atom stereocenters. The second-order valence-electron chi connectivity index (χ2n) is 5.48. The van der Waals surface area contributed by atoms with E-state index in [1.165, 1.54) is 11.4 Å². The maximum atomic E-state index is 13.0. The summed E-state index contributed by atoms with van der Waals surface area (Å²) in [6.45, 7) is 1.43. The number of imidazole rings is 1. The summed E-state index contributed by atoms with van der Waals surface area (Å²) in [5, 5.41) is 0. The molecular formula is C15H20N4O3S. The Morgan fingerprint density at radius 1 is 1.30 bits per heavy atom. The van der Waals surface area contributed by atoms with Crippen molar-refractivity contribution in [1.29, 1.82) is 0 Å². The van der Waals surface area contributed by atoms with E-state index in [2.05, 4.69) is 14.9 Å². The first-order valence-electron chi connectivity index (χ1n) is 7.36. The first kappa shape index (κ1) is 16.0. The molecule has 0 unspecified atom stereocenters. The fraction of sp³-hybridized carbons (Fsp3) is 0.400. The summed E-state index contributed by atoms with van der Waals surface area (Å²) in [4.78, 5) is 9.65. The molecule has 1 fully saturated rings. The molecule has 1 saturated heterocycles. The van der Waals surface area contributed by atoms with E-state index in [0.717, 1.165) is 5.82 Å². The number of piperazine rings is 1. The zero-order valence-corrected chi connectivity index (χ0v) is 14.0. The van der Waals surface area contributed by atoms with Gasteiger partial charge >= 0.3 is 0 Å². The molecule has 1 aromatic heterocycles. The molecule has 2 heterocycles. The summed E-state index contributed by atoms with van der Waals surface area (Å²) < 4.78 is 32.7. The lowest BCUT2D eigenvalue weighted by molar-refractivity contribution is 0.142. The summed E-state index contributed by atoms with van der Waals surface area (Å²) in [7, 11) is -0.164. The van der Waals surface area contributed by atoms with Crippen molar-refractivity contribution in [3.8, 4) is 5.75 Å². The predicted octanol–water partition coefficient (Wildman–Crippen LogP) is 1.10. The van der Waals surface area contributed by atoms with Crippen LogP contribution in [0.4, 0.5) is 0 Å². The van der Waals surface area contributed by atoms with Gasteiger partial charge in [-0.15, -0.1) is 0 Å². The van der Waals surface area contributed by atoms with Crippen LogP contribution in [0.2, 0.25) is 0 Å². The molecule has 8 heteroatoms. The number of hydrogen-bond acceptors (Lipinski definition) is 5. The third-order valence-electron chi connectivity index (χ3n) is 4.13. The lowest BCUT2D eigenvalue weighted by Crippen LogP contribution is -2.49. The molecule has 0 aliphatic carbocycles. The van der Waals surface area contributed by atoms with Gasteiger partial charge in [0.05, 0.1) is 13.2 Å². The van der Waals surface area contributed by atoms with Gasteiger partial charge in [-0.05, 0) is 19.2 Å². The van der Waals surface area contributed by atoms with Crippen molar-refractivity contribution >= 4 is 10.0 Å². The molecule has 1 aliphatic rings. The van der Waals surface area contributed by atoms with E-state index in [4.69, 9.17) is 4.74 Å². The molecule has 1 aromatic carbocycles. The molecule has 0 bridgehead atoms. The Labute approximate surface area is 135 Å². The molecule has 0 amide bonds. The average molecular weight is 336 g/mol. The average Bonchev–Trinajstić information content (AvgIpc) is 3.09. The first-order chi connectivity index (χ1) is 11.0. The van der Waals surface area contributed by atoms with E-state index >= 15 is 0 Å². The normalized spacial score (nSPS) is 20.5. The number of para-hydroxylation sites is 1. The van der Waals surface area contributed by atoms with E-state index in [0.29, 0.717) is 25.4 Å². The molecule has 124 valence electrons. The standard InChI is InChI=1S/C15H20N4O3S/c1-18-9-10-19(11-12(18)15-16-7-8-17-15)23(20,21)14-6-4-3-5-13(14)22-2/h3-8,12H,9-11H2,1-2H3,(H,16,17)/t12-/m1/s1. The molecule has 0 radical (unpaired) electrons. The highest BCUT2D eigenvalue weighted by molar-refractivity contribution is 7.89. The number of hydrogen-bond donors (Lipinski definition) is 1. The van der Waals surface area contributed by atoms with Crippen LogP contribution in [0.25, 0.3) is 0 Å². The maximum Gasteiger partial charge on any atom is 0.246 e. The monoisotopic (exact) mass is 336 g/mol. The van der Waals surface area contributed by atoms with Crippen molar-refractivity contribution in [2.24, 2.45) is 0 Å². The van der Waals surface area contributed by atoms with Gasteiger partial charge in [0.2, 0.25) is 10.0 Å². The van der Waals surface area contributed by atoms with Crippen LogP contribution < -0.4 is 4.74 Å². The zero-order valence-electron chi connectivity index (χ0n) is 13.1. The Balaban J connectivity index is 1.91. The van der Waals surface area contributed by atoms with Crippen LogP contribution >= 0.6 is 0 Å². The van der Waals surface area contributed by atoms with Gasteiger partial charge in [0.1, 0.15) is 16.5 Å². The Morgan fingerprint density at radius 3 is 2.78 bits per heavy atom. The number of aromatic amines is 1. The molecule has 7 nitrogen and oxygen atoms in total. The second-order valence-corrected chi connectivity index (χ2v) is 7.39. The molecular weight excluding hydrogens is 316 g/mol. The quantitative estimate of drug-likeness (QED) is 0.904. The maximum absolute atomic E-state index is 13.0. The van der Waals surface area contributed by atoms with E-state index < -0.39 is 10.0 Å². The van der Waals surface area contributed by atoms with Crippen LogP contribution in [-0.2, 0) is 10.0 Å². The van der Waals surface area contributed by atoms with Gasteiger partial charge in [0, 0.05) is 32.0 Å². The summed E-state index contributed by atoms with van der Waals surface area (Å²) in [6, 6.07) is 6.60. The Morgan fingerprint density at radius 2 is 2.09 bits per heavy atom. The number of rotatable bonds is 4. The third-order valence-corrected chi connectivity index (χ3v) is 6.04. The molecule has 0 saturated carbocycles. The van der Waals surface area contributed by atoms with Crippen molar-refractivity contribution < 1.29 is 13.2 Å². The number of methoxy groups -OCH3 is 1. The molecule has 1 N–H and O–H groups in total. The molecule has 2 aromatic rings. The number of likely N-dealkylation sites (N-methyl/N-ethyl adjacent to an activating group) is 1. The fourth-order valence-electron chi connectivity index (χ4n) is 2.79. The number of H-pyrrole nitrogens is 1. The minimum atomic E-state index is -3.61. The number of benzene rings is 1. The number of sulfonamides is 1. The van der Waals surface area contributed by atoms with Gasteiger partial charge in [-0.25, -0.2) is 13.4 Å². The lowest BCUT2D eigenvalue weighted by atomic mass is 10.2. The molecule has 3 rings (SSSR count). The van der Waals surface area contributed by atoms with Gasteiger partial charge in [0.15, 0.2) is 0 Å². The highest BCUT2D eigenvalue weighted by Gasteiger charge is 2.35. The summed E-state index contributed by atoms with van der Waals surface area (Å²) in [5.41, 5.74) is 0. The van der Waals surface area contributed by atoms with Crippen molar-refractivity contribution in [1.82, 2.24) is 19.2 Å². The van der Waals surface area contributed by atoms with E-state index in [1.54, 1.807) is 36.7 Å². The number of nitrogens with zero attached hydrogens (tertiary/aromatic N) is 3. The van der Waals surface area contributed by atoms with Crippen LogP contribution in [-0.4, -0.2) is 61.4 Å². The van der Waals surface area contributed by atoms with Crippen LogP contribution in [0.15, 0.2) is 41.6 Å². The highest BCUT2D eigenvalue weighted by atomic mass is 32.2. The third kappa shape index (κ3) is 2.97. The largest absolute Gasteiger partial charge is 0.495 e. The van der Waals surface area contributed by atoms with Crippen LogP contribution in [0.3, 0.4) is 0 Å². The number of nitrogens with one attached hydrogen (secondary N) is 1. The number of ether oxygens (including phenoxy) is 1. The van der Waals surface area contributed by atoms with E-state index in [9.17, 15) is 8.42 Å². The van der Waals surface area contributed by atoms with Gasteiger partial charge in [-0.1, -0.05) is 12.1 Å². The van der Waals surface area contributed by atoms with Gasteiger partial charge in [0.25, 0.3) is 0 Å². The van der Waals surface area contributed by atoms with Gasteiger partial charge < -0.3 is 9.72 Å². The zero-order chi connectivity index (χ0) is 16.4. The lowest BCUT2D eigenvalue weighted by Gasteiger charge is -2.37. The number of aromatic nitrogens is 2. The van der Waals surface area contributed by atoms with Gasteiger partial charge in [-0.3, -0.25) is 4.90 Å². The van der Waals surface area contributed by atoms with Crippen molar-refractivity contribution in [3.63, 3.8) is 0 Å². The Bertz CT molecular complexity index is 761. The summed E-state index contributed by atoms with van der Waals surface area (Å²) in [5.74, 6) is 1.13. The first-order valence-corrected chi connectivity index (χ1v) is 8.80. The van der Waals surface area contributed by atoms with Crippen LogP contribution in [0.1, 0.15) is 11.9 Å². The van der Waals surface area contributed by atoms with Gasteiger partial charge in [-0.2, -0.15) is 4.31 Å². The van der Waals surface area contributed by atoms with Crippen LogP contribution in [0.5, 0.6) is 5.75 Å². The predicted molar refractivity (Wildman–Crippen MR) is 85.7 cm³/mol. The van der Waals surface area contributed by atoms with Crippen molar-refractivity contribution in [2.75, 3.05) is 33.8 Å². The molecule has 23 heavy (non-hydrogen) atoms. The Hall–Kier alpha value is -1.90. The minimum absolute atomic E-state index is 0.0942. The van der Waals surface area contributed by atoms with E-state index in [-0.39, 0.29) is 10.9 Å². The smallest absolute Gasteiger partial charge is 0.246 e. The minimum Gasteiger partial charge on any atom is -0.495 e. The van der Waals surface area contributed by atoms with E-state index in [1.807, 2.05) is 7.05 Å². The van der Waals surface area contributed by atoms with Crippen molar-refractivity contribution in [2.45, 2.75) is 10.9 Å². The molecule has 0 spiro atoms. The SMILES string of the molecule is COc1ccccc1S(=O)(=O)N1CCN(C)[C@@H](c2ncc[nH]2)C1. The topological polar surface area (TPSA) is 78.5 Å². The summed E-state index contributed by atoms with van der Waals surface area (Å²) >= 11 is 0. The van der Waals surface area contributed by atoms with Crippen LogP contribution in [0, 0.1) is 0 Å². The van der Waals surface area contributed by atoms with Crippen molar-refractivity contribution in [3.05, 3.63) is 42.5 Å². The fourth-order valence-corrected chi connectivity index (χ4v) is 4.39. The molecule has 1 aliphatic heterocycles.